The van der Waals surface area contributed by atoms with E-state index in [1.807, 2.05) is 7.05 Å². The van der Waals surface area contributed by atoms with Crippen molar-refractivity contribution in [2.24, 2.45) is 0 Å². The Balaban J connectivity index is 2.32. The first kappa shape index (κ1) is 14.3. The van der Waals surface area contributed by atoms with Crippen molar-refractivity contribution in [1.29, 1.82) is 0 Å². The molecule has 1 unspecified atom stereocenters. The van der Waals surface area contributed by atoms with Gasteiger partial charge < -0.3 is 15.1 Å². The number of nitrogens with one attached hydrogen (secondary N) is 1. The van der Waals surface area contributed by atoms with Crippen LogP contribution >= 0.6 is 0 Å². The molecule has 1 aromatic heterocycles. The Morgan fingerprint density at radius 2 is 2.11 bits per heavy atom. The molecule has 4 nitrogen and oxygen atoms in total. The van der Waals surface area contributed by atoms with E-state index in [1.165, 1.54) is 16.9 Å². The predicted octanol–water partition coefficient (Wildman–Crippen LogP) is 1.56. The lowest BCUT2D eigenvalue weighted by Gasteiger charge is -2.39. The average Bonchev–Trinajstić information content (AvgIpc) is 2.36. The molecule has 0 amide bonds. The van der Waals surface area contributed by atoms with Crippen molar-refractivity contribution in [3.8, 4) is 0 Å². The smallest absolute Gasteiger partial charge is 0.133 e. The van der Waals surface area contributed by atoms with Crippen LogP contribution in [0.4, 0.5) is 5.82 Å². The van der Waals surface area contributed by atoms with Crippen LogP contribution in [0.25, 0.3) is 0 Å². The van der Waals surface area contributed by atoms with Gasteiger partial charge >= 0.3 is 0 Å². The number of nitrogens with zero attached hydrogens (tertiary/aromatic N) is 3. The Morgan fingerprint density at radius 3 is 2.74 bits per heavy atom. The maximum absolute atomic E-state index is 4.80. The fourth-order valence-corrected chi connectivity index (χ4v) is 2.74. The number of pyridine rings is 1. The average molecular weight is 262 g/mol. The SMILES string of the molecule is CNCc1c(C)cc(C)nc1N1CCN(C)C(C)C1. The quantitative estimate of drug-likeness (QED) is 0.896. The fraction of sp³-hybridized carbons (Fsp3) is 0.667. The molecule has 1 aromatic rings. The van der Waals surface area contributed by atoms with Crippen molar-refractivity contribution in [2.75, 3.05) is 38.6 Å². The van der Waals surface area contributed by atoms with Gasteiger partial charge in [0.2, 0.25) is 0 Å². The second kappa shape index (κ2) is 5.88. The third-order valence-electron chi connectivity index (χ3n) is 4.07. The number of rotatable bonds is 3. The van der Waals surface area contributed by atoms with E-state index in [2.05, 4.69) is 49.0 Å². The van der Waals surface area contributed by atoms with Crippen LogP contribution in [0.2, 0.25) is 0 Å². The zero-order valence-corrected chi connectivity index (χ0v) is 12.8. The summed E-state index contributed by atoms with van der Waals surface area (Å²) in [5, 5.41) is 3.27. The zero-order chi connectivity index (χ0) is 14.0. The van der Waals surface area contributed by atoms with Crippen molar-refractivity contribution >= 4 is 5.82 Å². The van der Waals surface area contributed by atoms with E-state index in [-0.39, 0.29) is 0 Å². The van der Waals surface area contributed by atoms with Gasteiger partial charge in [0, 0.05) is 43.5 Å². The van der Waals surface area contributed by atoms with E-state index in [0.29, 0.717) is 6.04 Å². The molecule has 0 spiro atoms. The van der Waals surface area contributed by atoms with E-state index in [9.17, 15) is 0 Å². The highest BCUT2D eigenvalue weighted by Crippen LogP contribution is 2.24. The van der Waals surface area contributed by atoms with E-state index in [0.717, 1.165) is 31.9 Å². The number of piperazine rings is 1. The summed E-state index contributed by atoms with van der Waals surface area (Å²) >= 11 is 0. The Bertz CT molecular complexity index is 444. The van der Waals surface area contributed by atoms with Gasteiger partial charge in [0.05, 0.1) is 0 Å². The van der Waals surface area contributed by atoms with Gasteiger partial charge in [-0.05, 0) is 46.5 Å². The second-order valence-corrected chi connectivity index (χ2v) is 5.69. The predicted molar refractivity (Wildman–Crippen MR) is 80.8 cm³/mol. The van der Waals surface area contributed by atoms with Crippen molar-refractivity contribution in [3.05, 3.63) is 22.9 Å². The van der Waals surface area contributed by atoms with Crippen LogP contribution in [-0.4, -0.2) is 49.7 Å². The third-order valence-corrected chi connectivity index (χ3v) is 4.07. The van der Waals surface area contributed by atoms with E-state index in [4.69, 9.17) is 4.98 Å². The summed E-state index contributed by atoms with van der Waals surface area (Å²) in [6.45, 7) is 10.7. The molecule has 0 aliphatic carbocycles. The summed E-state index contributed by atoms with van der Waals surface area (Å²) in [6, 6.07) is 2.76. The van der Waals surface area contributed by atoms with Gasteiger partial charge in [-0.1, -0.05) is 0 Å². The molecule has 2 rings (SSSR count). The molecular weight excluding hydrogens is 236 g/mol. The zero-order valence-electron chi connectivity index (χ0n) is 12.8. The lowest BCUT2D eigenvalue weighted by Crippen LogP contribution is -2.50. The summed E-state index contributed by atoms with van der Waals surface area (Å²) in [6.07, 6.45) is 0. The number of aryl methyl sites for hydroxylation is 2. The summed E-state index contributed by atoms with van der Waals surface area (Å²) in [4.78, 5) is 9.66. The van der Waals surface area contributed by atoms with Crippen LogP contribution in [0.1, 0.15) is 23.7 Å². The monoisotopic (exact) mass is 262 g/mol. The first-order valence-electron chi connectivity index (χ1n) is 7.09. The number of anilines is 1. The number of hydrogen-bond acceptors (Lipinski definition) is 4. The molecule has 2 heterocycles. The highest BCUT2D eigenvalue weighted by Gasteiger charge is 2.24. The Labute approximate surface area is 116 Å². The fourth-order valence-electron chi connectivity index (χ4n) is 2.74. The van der Waals surface area contributed by atoms with Crippen molar-refractivity contribution in [1.82, 2.24) is 15.2 Å². The van der Waals surface area contributed by atoms with Gasteiger partial charge in [0.1, 0.15) is 5.82 Å². The molecular formula is C15H26N4. The van der Waals surface area contributed by atoms with Gasteiger partial charge in [-0.2, -0.15) is 0 Å². The summed E-state index contributed by atoms with van der Waals surface area (Å²) in [7, 11) is 4.20. The van der Waals surface area contributed by atoms with Gasteiger partial charge in [0.25, 0.3) is 0 Å². The van der Waals surface area contributed by atoms with E-state index < -0.39 is 0 Å². The molecule has 1 saturated heterocycles. The third kappa shape index (κ3) is 3.07. The van der Waals surface area contributed by atoms with Crippen LogP contribution in [0.5, 0.6) is 0 Å². The highest BCUT2D eigenvalue weighted by atomic mass is 15.3. The minimum Gasteiger partial charge on any atom is -0.353 e. The maximum Gasteiger partial charge on any atom is 0.133 e. The highest BCUT2D eigenvalue weighted by molar-refractivity contribution is 5.52. The molecule has 1 fully saturated rings. The van der Waals surface area contributed by atoms with Crippen LogP contribution in [0, 0.1) is 13.8 Å². The molecule has 0 saturated carbocycles. The molecule has 1 atom stereocenters. The number of likely N-dealkylation sites (N-methyl/N-ethyl adjacent to an activating group) is 1. The Hall–Kier alpha value is -1.13. The molecule has 0 bridgehead atoms. The summed E-state index contributed by atoms with van der Waals surface area (Å²) < 4.78 is 0. The van der Waals surface area contributed by atoms with Gasteiger partial charge in [-0.3, -0.25) is 0 Å². The second-order valence-electron chi connectivity index (χ2n) is 5.69. The number of hydrogen-bond donors (Lipinski definition) is 1. The molecule has 1 aliphatic rings. The minimum absolute atomic E-state index is 0.582. The maximum atomic E-state index is 4.80. The molecule has 106 valence electrons. The van der Waals surface area contributed by atoms with E-state index in [1.54, 1.807) is 0 Å². The minimum atomic E-state index is 0.582. The molecule has 1 aliphatic heterocycles. The number of aromatic nitrogens is 1. The first-order chi connectivity index (χ1) is 9.02. The van der Waals surface area contributed by atoms with Crippen molar-refractivity contribution in [3.63, 3.8) is 0 Å². The van der Waals surface area contributed by atoms with Crippen molar-refractivity contribution < 1.29 is 0 Å². The molecule has 19 heavy (non-hydrogen) atoms. The van der Waals surface area contributed by atoms with Crippen LogP contribution < -0.4 is 10.2 Å². The topological polar surface area (TPSA) is 31.4 Å². The van der Waals surface area contributed by atoms with Crippen LogP contribution in [0.3, 0.4) is 0 Å². The van der Waals surface area contributed by atoms with Crippen LogP contribution in [0.15, 0.2) is 6.07 Å². The molecule has 4 heteroatoms. The van der Waals surface area contributed by atoms with Crippen molar-refractivity contribution in [2.45, 2.75) is 33.4 Å². The van der Waals surface area contributed by atoms with Gasteiger partial charge in [0.15, 0.2) is 0 Å². The van der Waals surface area contributed by atoms with Crippen LogP contribution in [-0.2, 0) is 6.54 Å². The first-order valence-corrected chi connectivity index (χ1v) is 7.09. The molecule has 0 aromatic carbocycles. The standard InChI is InChI=1S/C15H26N4/c1-11-8-12(2)17-15(14(11)9-16-4)19-7-6-18(5)13(3)10-19/h8,13,16H,6-7,9-10H2,1-5H3. The lowest BCUT2D eigenvalue weighted by molar-refractivity contribution is 0.233. The summed E-state index contributed by atoms with van der Waals surface area (Å²) in [5.74, 6) is 1.17. The largest absolute Gasteiger partial charge is 0.353 e. The van der Waals surface area contributed by atoms with Gasteiger partial charge in [-0.15, -0.1) is 0 Å². The van der Waals surface area contributed by atoms with Gasteiger partial charge in [-0.25, -0.2) is 4.98 Å². The Kier molecular flexibility index (Phi) is 4.42. The molecule has 1 N–H and O–H groups in total. The Morgan fingerprint density at radius 1 is 1.37 bits per heavy atom. The normalized spacial score (nSPS) is 20.9. The molecule has 0 radical (unpaired) electrons. The lowest BCUT2D eigenvalue weighted by atomic mass is 10.1. The summed E-state index contributed by atoms with van der Waals surface area (Å²) in [5.41, 5.74) is 3.78. The van der Waals surface area contributed by atoms with E-state index >= 15 is 0 Å².